The summed E-state index contributed by atoms with van der Waals surface area (Å²) >= 11 is 0. The van der Waals surface area contributed by atoms with E-state index >= 15 is 0 Å². The zero-order chi connectivity index (χ0) is 36.7. The van der Waals surface area contributed by atoms with Crippen molar-refractivity contribution in [2.75, 3.05) is 0 Å². The molecule has 51 heavy (non-hydrogen) atoms. The second-order valence-electron chi connectivity index (χ2n) is 18.4. The summed E-state index contributed by atoms with van der Waals surface area (Å²) in [7, 11) is 0. The van der Waals surface area contributed by atoms with Gasteiger partial charge in [-0.25, -0.2) is 9.59 Å². The van der Waals surface area contributed by atoms with E-state index in [1.54, 1.807) is 24.3 Å². The molecule has 6 nitrogen and oxygen atoms in total. The molecule has 0 unspecified atom stereocenters. The van der Waals surface area contributed by atoms with Crippen LogP contribution in [0.4, 0.5) is 0 Å². The Kier molecular flexibility index (Phi) is 8.55. The number of rotatable bonds is 7. The SMILES string of the molecule is C=C(C)[C@@H]1CC[C@]2(C(=O)N[C@H](C(=O)O)c3ccccc3)CC[C@]3(C)[C@H](CC[C@@H]4[C@@]5(C)CC=C(c6ccc(C(=O)O)cc6)C(C)(C)[C@@H]5CC[C@]43C)[C@@H]12. The summed E-state index contributed by atoms with van der Waals surface area (Å²) in [6.45, 7) is 19.2. The van der Waals surface area contributed by atoms with Crippen molar-refractivity contribution in [3.05, 3.63) is 89.5 Å². The molecule has 5 aliphatic carbocycles. The minimum Gasteiger partial charge on any atom is -0.479 e. The summed E-state index contributed by atoms with van der Waals surface area (Å²) in [5, 5.41) is 22.8. The molecule has 0 radical (unpaired) electrons. The van der Waals surface area contributed by atoms with E-state index in [-0.39, 0.29) is 39.4 Å². The molecule has 1 amide bonds. The predicted molar refractivity (Wildman–Crippen MR) is 201 cm³/mol. The van der Waals surface area contributed by atoms with E-state index in [4.69, 9.17) is 0 Å². The number of nitrogens with one attached hydrogen (secondary N) is 1. The van der Waals surface area contributed by atoms with Crippen LogP contribution < -0.4 is 5.32 Å². The summed E-state index contributed by atoms with van der Waals surface area (Å²) in [5.74, 6) is -0.219. The van der Waals surface area contributed by atoms with Crippen LogP contribution in [0.1, 0.15) is 127 Å². The lowest BCUT2D eigenvalue weighted by Crippen LogP contribution is -2.66. The van der Waals surface area contributed by atoms with Crippen LogP contribution in [-0.2, 0) is 9.59 Å². The predicted octanol–water partition coefficient (Wildman–Crippen LogP) is 9.98. The molecule has 0 saturated heterocycles. The third-order valence-corrected chi connectivity index (χ3v) is 16.2. The van der Waals surface area contributed by atoms with E-state index in [9.17, 15) is 24.6 Å². The molecule has 2 aromatic rings. The molecule has 4 saturated carbocycles. The minimum atomic E-state index is -1.07. The van der Waals surface area contributed by atoms with Gasteiger partial charge in [0, 0.05) is 0 Å². The Hall–Kier alpha value is -3.67. The van der Waals surface area contributed by atoms with Gasteiger partial charge in [0.2, 0.25) is 5.91 Å². The van der Waals surface area contributed by atoms with Gasteiger partial charge in [-0.3, -0.25) is 4.79 Å². The van der Waals surface area contributed by atoms with E-state index in [0.717, 1.165) is 68.9 Å². The molecule has 6 heteroatoms. The number of aliphatic carboxylic acids is 1. The second kappa shape index (κ2) is 12.2. The highest BCUT2D eigenvalue weighted by Gasteiger charge is 2.71. The van der Waals surface area contributed by atoms with Gasteiger partial charge in [-0.2, -0.15) is 0 Å². The first-order valence-electron chi connectivity index (χ1n) is 19.3. The third-order valence-electron chi connectivity index (χ3n) is 16.2. The monoisotopic (exact) mass is 691 g/mol. The number of carboxylic acid groups (broad SMARTS) is 2. The van der Waals surface area contributed by atoms with Crippen molar-refractivity contribution in [3.63, 3.8) is 0 Å². The lowest BCUT2D eigenvalue weighted by Gasteiger charge is -2.72. The average molecular weight is 692 g/mol. The number of fused-ring (bicyclic) bond motifs is 7. The standard InChI is InChI=1S/C45H57NO5/c1-27(2)31-19-24-45(40(51)46-37(39(49)50)29-11-9-8-10-12-29)26-25-43(6)33(36(31)45)17-18-35-42(5)22-20-32(28-13-15-30(16-14-28)38(47)48)41(3,4)34(42)21-23-44(35,43)7/h8-16,20,31,33-37H,1,17-19,21-26H2,2-7H3,(H,46,51)(H,47,48)(H,49,50)/t31-,33+,34-,35+,36+,37-,42-,43+,44+,45-/m0/s1. The zero-order valence-electron chi connectivity index (χ0n) is 31.4. The van der Waals surface area contributed by atoms with E-state index in [1.165, 1.54) is 5.57 Å². The number of aromatic carboxylic acids is 1. The Morgan fingerprint density at radius 1 is 0.804 bits per heavy atom. The largest absolute Gasteiger partial charge is 0.479 e. The molecule has 0 spiro atoms. The van der Waals surface area contributed by atoms with Crippen molar-refractivity contribution in [2.24, 2.45) is 56.7 Å². The van der Waals surface area contributed by atoms with Crippen LogP contribution in [0.25, 0.3) is 5.57 Å². The second-order valence-corrected chi connectivity index (χ2v) is 18.4. The number of carboxylic acids is 2. The first-order chi connectivity index (χ1) is 24.0. The quantitative estimate of drug-likeness (QED) is 0.251. The van der Waals surface area contributed by atoms with Crippen molar-refractivity contribution in [1.29, 1.82) is 0 Å². The molecular weight excluding hydrogens is 634 g/mol. The topological polar surface area (TPSA) is 104 Å². The van der Waals surface area contributed by atoms with Crippen LogP contribution in [0, 0.1) is 56.7 Å². The summed E-state index contributed by atoms with van der Waals surface area (Å²) in [4.78, 5) is 38.8. The Morgan fingerprint density at radius 2 is 1.49 bits per heavy atom. The lowest BCUT2D eigenvalue weighted by molar-refractivity contribution is -0.225. The van der Waals surface area contributed by atoms with Crippen molar-refractivity contribution < 1.29 is 24.6 Å². The molecule has 10 atom stereocenters. The average Bonchev–Trinajstić information content (AvgIpc) is 3.49. The van der Waals surface area contributed by atoms with Gasteiger partial charge in [-0.15, -0.1) is 0 Å². The molecule has 5 aliphatic rings. The maximum Gasteiger partial charge on any atom is 0.335 e. The minimum absolute atomic E-state index is 0.0445. The van der Waals surface area contributed by atoms with Gasteiger partial charge < -0.3 is 15.5 Å². The molecule has 2 aromatic carbocycles. The summed E-state index contributed by atoms with van der Waals surface area (Å²) in [6.07, 6.45) is 11.5. The maximum atomic E-state index is 14.7. The number of hydrogen-bond donors (Lipinski definition) is 3. The number of amides is 1. The first kappa shape index (κ1) is 35.7. The van der Waals surface area contributed by atoms with E-state index in [0.29, 0.717) is 28.9 Å². The smallest absolute Gasteiger partial charge is 0.335 e. The van der Waals surface area contributed by atoms with Crippen molar-refractivity contribution in [1.82, 2.24) is 5.32 Å². The number of hydrogen-bond acceptors (Lipinski definition) is 3. The molecule has 4 fully saturated rings. The molecule has 0 heterocycles. The molecular formula is C45H57NO5. The zero-order valence-corrected chi connectivity index (χ0v) is 31.4. The summed E-state index contributed by atoms with van der Waals surface area (Å²) in [5.41, 5.74) is 4.15. The molecule has 0 aliphatic heterocycles. The lowest BCUT2D eigenvalue weighted by atomic mass is 9.32. The summed E-state index contributed by atoms with van der Waals surface area (Å²) < 4.78 is 0. The van der Waals surface area contributed by atoms with Crippen LogP contribution in [0.3, 0.4) is 0 Å². The van der Waals surface area contributed by atoms with Crippen molar-refractivity contribution in [3.8, 4) is 0 Å². The number of allylic oxidation sites excluding steroid dienone is 3. The third kappa shape index (κ3) is 5.12. The van der Waals surface area contributed by atoms with Gasteiger partial charge >= 0.3 is 11.9 Å². The molecule has 272 valence electrons. The molecule has 7 rings (SSSR count). The molecule has 0 aromatic heterocycles. The number of carbonyl (C=O) groups is 3. The van der Waals surface area contributed by atoms with Crippen LogP contribution in [-0.4, -0.2) is 28.1 Å². The fraction of sp³-hybridized carbons (Fsp3) is 0.578. The summed E-state index contributed by atoms with van der Waals surface area (Å²) in [6, 6.07) is 15.5. The van der Waals surface area contributed by atoms with Crippen LogP contribution in [0.2, 0.25) is 0 Å². The van der Waals surface area contributed by atoms with Gasteiger partial charge in [0.1, 0.15) is 0 Å². The number of carbonyl (C=O) groups excluding carboxylic acids is 1. The van der Waals surface area contributed by atoms with Crippen molar-refractivity contribution >= 4 is 23.4 Å². The van der Waals surface area contributed by atoms with Gasteiger partial charge in [0.05, 0.1) is 11.0 Å². The van der Waals surface area contributed by atoms with Crippen LogP contribution in [0.15, 0.2) is 72.8 Å². The Balaban J connectivity index is 1.22. The van der Waals surface area contributed by atoms with Crippen molar-refractivity contribution in [2.45, 2.75) is 105 Å². The van der Waals surface area contributed by atoms with Gasteiger partial charge in [-0.05, 0) is 145 Å². The Morgan fingerprint density at radius 3 is 2.12 bits per heavy atom. The Bertz CT molecular complexity index is 1780. The fourth-order valence-corrected chi connectivity index (χ4v) is 13.6. The fourth-order valence-electron chi connectivity index (χ4n) is 13.6. The van der Waals surface area contributed by atoms with Gasteiger partial charge in [0.15, 0.2) is 6.04 Å². The molecule has 0 bridgehead atoms. The maximum absolute atomic E-state index is 14.7. The van der Waals surface area contributed by atoms with E-state index in [2.05, 4.69) is 59.5 Å². The van der Waals surface area contributed by atoms with Gasteiger partial charge in [0.25, 0.3) is 0 Å². The van der Waals surface area contributed by atoms with Gasteiger partial charge in [-0.1, -0.05) is 95.3 Å². The number of benzene rings is 2. The normalized spacial score (nSPS) is 38.5. The van der Waals surface area contributed by atoms with E-state index < -0.39 is 23.4 Å². The van der Waals surface area contributed by atoms with E-state index in [1.807, 2.05) is 30.3 Å². The highest BCUT2D eigenvalue weighted by molar-refractivity contribution is 5.89. The van der Waals surface area contributed by atoms with Crippen LogP contribution >= 0.6 is 0 Å². The first-order valence-corrected chi connectivity index (χ1v) is 19.3. The van der Waals surface area contributed by atoms with Crippen LogP contribution in [0.5, 0.6) is 0 Å². The Labute approximate surface area is 304 Å². The highest BCUT2D eigenvalue weighted by Crippen LogP contribution is 2.77. The highest BCUT2D eigenvalue weighted by atomic mass is 16.4. The molecule has 3 N–H and O–H groups in total.